The van der Waals surface area contributed by atoms with Crippen LogP contribution < -0.4 is 0 Å². The van der Waals surface area contributed by atoms with Crippen LogP contribution in [0.25, 0.3) is 10.8 Å². The second-order valence-electron chi connectivity index (χ2n) is 5.77. The molecule has 1 heterocycles. The molecule has 2 aromatic carbocycles. The van der Waals surface area contributed by atoms with E-state index in [4.69, 9.17) is 11.6 Å². The van der Waals surface area contributed by atoms with Crippen LogP contribution in [0.1, 0.15) is 6.92 Å². The molecule has 1 fully saturated rings. The van der Waals surface area contributed by atoms with Crippen LogP contribution in [0.3, 0.4) is 0 Å². The number of halogens is 1. The van der Waals surface area contributed by atoms with Crippen molar-refractivity contribution in [1.29, 1.82) is 0 Å². The minimum Gasteiger partial charge on any atom is -0.339 e. The lowest BCUT2D eigenvalue weighted by Crippen LogP contribution is -2.50. The fraction of sp³-hybridized carbons (Fsp3) is 0.333. The summed E-state index contributed by atoms with van der Waals surface area (Å²) in [5.41, 5.74) is 0. The van der Waals surface area contributed by atoms with Crippen molar-refractivity contribution >= 4 is 45.9 Å². The van der Waals surface area contributed by atoms with Gasteiger partial charge in [0.05, 0.1) is 5.75 Å². The second kappa shape index (κ2) is 7.45. The van der Waals surface area contributed by atoms with Gasteiger partial charge in [0.25, 0.3) is 0 Å². The van der Waals surface area contributed by atoms with Gasteiger partial charge in [-0.3, -0.25) is 9.59 Å². The van der Waals surface area contributed by atoms with E-state index < -0.39 is 0 Å². The van der Waals surface area contributed by atoms with Crippen LogP contribution in [0, 0.1) is 0 Å². The molecule has 0 N–H and O–H groups in total. The maximum absolute atomic E-state index is 12.4. The van der Waals surface area contributed by atoms with E-state index in [0.29, 0.717) is 37.0 Å². The zero-order valence-corrected chi connectivity index (χ0v) is 15.1. The minimum absolute atomic E-state index is 0.0712. The fourth-order valence-corrected chi connectivity index (χ4v) is 4.23. The first-order valence-electron chi connectivity index (χ1n) is 7.89. The van der Waals surface area contributed by atoms with Crippen molar-refractivity contribution < 1.29 is 9.59 Å². The molecule has 0 radical (unpaired) electrons. The molecule has 0 bridgehead atoms. The lowest BCUT2D eigenvalue weighted by Gasteiger charge is -2.34. The van der Waals surface area contributed by atoms with E-state index in [9.17, 15) is 9.59 Å². The summed E-state index contributed by atoms with van der Waals surface area (Å²) in [5, 5.41) is 2.79. The molecule has 0 aromatic heterocycles. The van der Waals surface area contributed by atoms with E-state index in [2.05, 4.69) is 0 Å². The van der Waals surface area contributed by atoms with Gasteiger partial charge in [-0.1, -0.05) is 35.9 Å². The van der Waals surface area contributed by atoms with Crippen molar-refractivity contribution in [2.75, 3.05) is 31.9 Å². The average Bonchev–Trinajstić information content (AvgIpc) is 2.60. The van der Waals surface area contributed by atoms with E-state index in [-0.39, 0.29) is 11.8 Å². The zero-order chi connectivity index (χ0) is 17.1. The number of fused-ring (bicyclic) bond motifs is 1. The van der Waals surface area contributed by atoms with Crippen LogP contribution in [-0.4, -0.2) is 53.5 Å². The SMILES string of the molecule is CC(=O)N1CCN(C(=O)CSc2cccc3cccc(Cl)c23)CC1. The van der Waals surface area contributed by atoms with Gasteiger partial charge in [0, 0.05) is 48.4 Å². The average molecular weight is 363 g/mol. The molecule has 126 valence electrons. The molecule has 2 amide bonds. The molecule has 6 heteroatoms. The third-order valence-electron chi connectivity index (χ3n) is 4.24. The number of carbonyl (C=O) groups is 2. The summed E-state index contributed by atoms with van der Waals surface area (Å²) in [6, 6.07) is 11.8. The number of benzene rings is 2. The summed E-state index contributed by atoms with van der Waals surface area (Å²) in [6.45, 7) is 4.01. The Kier molecular flexibility index (Phi) is 5.31. The molecule has 3 rings (SSSR count). The van der Waals surface area contributed by atoms with E-state index >= 15 is 0 Å². The molecule has 2 aromatic rings. The van der Waals surface area contributed by atoms with Gasteiger partial charge in [0.15, 0.2) is 0 Å². The number of thioether (sulfide) groups is 1. The Hall–Kier alpha value is -1.72. The van der Waals surface area contributed by atoms with Gasteiger partial charge in [-0.2, -0.15) is 0 Å². The van der Waals surface area contributed by atoms with Crippen molar-refractivity contribution in [3.8, 4) is 0 Å². The molecule has 0 atom stereocenters. The highest BCUT2D eigenvalue weighted by Gasteiger charge is 2.22. The summed E-state index contributed by atoms with van der Waals surface area (Å²) in [7, 11) is 0. The highest BCUT2D eigenvalue weighted by molar-refractivity contribution is 8.00. The van der Waals surface area contributed by atoms with E-state index in [1.807, 2.05) is 41.3 Å². The number of hydrogen-bond acceptors (Lipinski definition) is 3. The molecule has 0 spiro atoms. The highest BCUT2D eigenvalue weighted by Crippen LogP contribution is 2.33. The molecule has 0 saturated carbocycles. The van der Waals surface area contributed by atoms with Crippen LogP contribution in [0.15, 0.2) is 41.3 Å². The van der Waals surface area contributed by atoms with Crippen LogP contribution in [0.5, 0.6) is 0 Å². The van der Waals surface area contributed by atoms with Crippen molar-refractivity contribution in [3.05, 3.63) is 41.4 Å². The Labute approximate surface area is 150 Å². The lowest BCUT2D eigenvalue weighted by atomic mass is 10.1. The Morgan fingerprint density at radius 2 is 1.67 bits per heavy atom. The fourth-order valence-electron chi connectivity index (χ4n) is 2.88. The topological polar surface area (TPSA) is 40.6 Å². The zero-order valence-electron chi connectivity index (χ0n) is 13.5. The highest BCUT2D eigenvalue weighted by atomic mass is 35.5. The maximum atomic E-state index is 12.4. The number of piperazine rings is 1. The van der Waals surface area contributed by atoms with E-state index in [1.165, 1.54) is 11.8 Å². The third-order valence-corrected chi connectivity index (χ3v) is 5.60. The molecule has 0 aliphatic carbocycles. The normalized spacial score (nSPS) is 14.9. The second-order valence-corrected chi connectivity index (χ2v) is 7.19. The minimum atomic E-state index is 0.0712. The molecular formula is C18H19ClN2O2S. The number of rotatable bonds is 3. The standard InChI is InChI=1S/C18H19ClN2O2S/c1-13(22)20-8-10-21(11-9-20)17(23)12-24-16-7-3-5-14-4-2-6-15(19)18(14)16/h2-7H,8-12H2,1H3. The van der Waals surface area contributed by atoms with Crippen LogP contribution in [0.4, 0.5) is 0 Å². The number of hydrogen-bond donors (Lipinski definition) is 0. The number of nitrogens with zero attached hydrogens (tertiary/aromatic N) is 2. The Morgan fingerprint density at radius 1 is 1.04 bits per heavy atom. The predicted octanol–water partition coefficient (Wildman–Crippen LogP) is 3.28. The molecular weight excluding hydrogens is 344 g/mol. The first-order valence-corrected chi connectivity index (χ1v) is 9.26. The lowest BCUT2D eigenvalue weighted by molar-refractivity contribution is -0.136. The summed E-state index contributed by atoms with van der Waals surface area (Å²) >= 11 is 7.84. The monoisotopic (exact) mass is 362 g/mol. The third kappa shape index (κ3) is 3.68. The van der Waals surface area contributed by atoms with Crippen molar-refractivity contribution in [3.63, 3.8) is 0 Å². The molecule has 0 unspecified atom stereocenters. The summed E-state index contributed by atoms with van der Waals surface area (Å²) < 4.78 is 0. The molecule has 1 aliphatic rings. The van der Waals surface area contributed by atoms with E-state index in [0.717, 1.165) is 15.7 Å². The maximum Gasteiger partial charge on any atom is 0.233 e. The van der Waals surface area contributed by atoms with Crippen LogP contribution >= 0.6 is 23.4 Å². The summed E-state index contributed by atoms with van der Waals surface area (Å²) in [5.74, 6) is 0.554. The van der Waals surface area contributed by atoms with Crippen LogP contribution in [-0.2, 0) is 9.59 Å². The van der Waals surface area contributed by atoms with Gasteiger partial charge < -0.3 is 9.80 Å². The van der Waals surface area contributed by atoms with Crippen LogP contribution in [0.2, 0.25) is 5.02 Å². The largest absolute Gasteiger partial charge is 0.339 e. The number of carbonyl (C=O) groups excluding carboxylic acids is 2. The molecule has 24 heavy (non-hydrogen) atoms. The van der Waals surface area contributed by atoms with Gasteiger partial charge >= 0.3 is 0 Å². The van der Waals surface area contributed by atoms with Crippen molar-refractivity contribution in [1.82, 2.24) is 9.80 Å². The Bertz CT molecular complexity index is 767. The van der Waals surface area contributed by atoms with Gasteiger partial charge in [-0.15, -0.1) is 11.8 Å². The summed E-state index contributed by atoms with van der Waals surface area (Å²) in [6.07, 6.45) is 0. The van der Waals surface area contributed by atoms with Gasteiger partial charge in [-0.25, -0.2) is 0 Å². The Balaban J connectivity index is 1.64. The summed E-state index contributed by atoms with van der Waals surface area (Å²) in [4.78, 5) is 28.4. The quantitative estimate of drug-likeness (QED) is 0.787. The van der Waals surface area contributed by atoms with E-state index in [1.54, 1.807) is 11.8 Å². The van der Waals surface area contributed by atoms with Gasteiger partial charge in [-0.05, 0) is 17.5 Å². The Morgan fingerprint density at radius 3 is 2.33 bits per heavy atom. The number of amides is 2. The van der Waals surface area contributed by atoms with Gasteiger partial charge in [0.1, 0.15) is 0 Å². The van der Waals surface area contributed by atoms with Gasteiger partial charge in [0.2, 0.25) is 11.8 Å². The van der Waals surface area contributed by atoms with Crippen molar-refractivity contribution in [2.24, 2.45) is 0 Å². The molecule has 1 saturated heterocycles. The smallest absolute Gasteiger partial charge is 0.233 e. The molecule has 1 aliphatic heterocycles. The first-order chi connectivity index (χ1) is 11.6. The first kappa shape index (κ1) is 17.1. The van der Waals surface area contributed by atoms with Crippen molar-refractivity contribution in [2.45, 2.75) is 11.8 Å². The molecule has 4 nitrogen and oxygen atoms in total. The predicted molar refractivity (Wildman–Crippen MR) is 98.5 cm³/mol.